The minimum atomic E-state index is -0.212. The van der Waals surface area contributed by atoms with E-state index < -0.39 is 0 Å². The summed E-state index contributed by atoms with van der Waals surface area (Å²) in [5.74, 6) is -0.212. The summed E-state index contributed by atoms with van der Waals surface area (Å²) in [7, 11) is 0. The molecule has 4 nitrogen and oxygen atoms in total. The highest BCUT2D eigenvalue weighted by Crippen LogP contribution is 2.34. The van der Waals surface area contributed by atoms with E-state index in [4.69, 9.17) is 0 Å². The average molecular weight is 431 g/mol. The van der Waals surface area contributed by atoms with Crippen molar-refractivity contribution in [1.82, 2.24) is 9.47 Å². The number of aromatic nitrogens is 1. The molecule has 134 valence electrons. The fourth-order valence-electron chi connectivity index (χ4n) is 3.51. The van der Waals surface area contributed by atoms with Crippen molar-refractivity contribution in [3.63, 3.8) is 0 Å². The van der Waals surface area contributed by atoms with Crippen molar-refractivity contribution in [2.24, 2.45) is 0 Å². The summed E-state index contributed by atoms with van der Waals surface area (Å²) in [6.45, 7) is 0.304. The number of imide groups is 1. The molecule has 1 saturated carbocycles. The van der Waals surface area contributed by atoms with Crippen LogP contribution in [-0.4, -0.2) is 20.6 Å². The van der Waals surface area contributed by atoms with Gasteiger partial charge >= 0.3 is 0 Å². The van der Waals surface area contributed by atoms with E-state index in [1.807, 2.05) is 36.4 Å². The molecule has 1 aromatic carbocycles. The van der Waals surface area contributed by atoms with Crippen LogP contribution < -0.4 is 0 Å². The van der Waals surface area contributed by atoms with Gasteiger partial charge in [0.1, 0.15) is 0 Å². The Bertz CT molecular complexity index is 866. The van der Waals surface area contributed by atoms with Gasteiger partial charge in [0, 0.05) is 22.9 Å². The highest BCUT2D eigenvalue weighted by Gasteiger charge is 2.35. The van der Waals surface area contributed by atoms with Crippen molar-refractivity contribution >= 4 is 44.9 Å². The predicted molar refractivity (Wildman–Crippen MR) is 108 cm³/mol. The van der Waals surface area contributed by atoms with Crippen LogP contribution in [0.25, 0.3) is 6.08 Å². The number of hydrogen-bond acceptors (Lipinski definition) is 3. The second-order valence-electron chi connectivity index (χ2n) is 6.72. The van der Waals surface area contributed by atoms with E-state index in [2.05, 4.69) is 32.9 Å². The van der Waals surface area contributed by atoms with E-state index >= 15 is 0 Å². The summed E-state index contributed by atoms with van der Waals surface area (Å²) in [5.41, 5.74) is 1.91. The number of benzene rings is 1. The number of thioether (sulfide) groups is 1. The Hall–Kier alpha value is -1.79. The first-order valence-corrected chi connectivity index (χ1v) is 10.4. The molecule has 2 aromatic rings. The van der Waals surface area contributed by atoms with Crippen LogP contribution in [0.5, 0.6) is 0 Å². The first-order valence-electron chi connectivity index (χ1n) is 8.77. The molecule has 0 unspecified atom stereocenters. The molecule has 2 heterocycles. The molecule has 2 fully saturated rings. The van der Waals surface area contributed by atoms with E-state index in [1.54, 1.807) is 0 Å². The molecule has 0 spiro atoms. The maximum Gasteiger partial charge on any atom is 0.293 e. The van der Waals surface area contributed by atoms with Crippen LogP contribution in [0.15, 0.2) is 52.1 Å². The van der Waals surface area contributed by atoms with Gasteiger partial charge in [0.2, 0.25) is 0 Å². The smallest absolute Gasteiger partial charge is 0.293 e. The Labute approximate surface area is 165 Å². The molecule has 2 aliphatic rings. The van der Waals surface area contributed by atoms with Gasteiger partial charge in [0.25, 0.3) is 11.1 Å². The molecule has 0 N–H and O–H groups in total. The van der Waals surface area contributed by atoms with Crippen LogP contribution in [0.4, 0.5) is 4.79 Å². The maximum atomic E-state index is 12.7. The van der Waals surface area contributed by atoms with Crippen LogP contribution >= 0.6 is 27.7 Å². The minimum Gasteiger partial charge on any atom is -0.351 e. The lowest BCUT2D eigenvalue weighted by molar-refractivity contribution is -0.123. The van der Waals surface area contributed by atoms with Gasteiger partial charge in [-0.2, -0.15) is 0 Å². The van der Waals surface area contributed by atoms with Gasteiger partial charge in [-0.05, 0) is 60.0 Å². The van der Waals surface area contributed by atoms with Crippen molar-refractivity contribution in [3.8, 4) is 0 Å². The Kier molecular flexibility index (Phi) is 5.05. The highest BCUT2D eigenvalue weighted by molar-refractivity contribution is 9.10. The zero-order chi connectivity index (χ0) is 18.1. The highest BCUT2D eigenvalue weighted by atomic mass is 79.9. The molecule has 1 aromatic heterocycles. The topological polar surface area (TPSA) is 42.3 Å². The Balaban J connectivity index is 1.49. The Morgan fingerprint density at radius 2 is 1.85 bits per heavy atom. The molecule has 1 aliphatic carbocycles. The zero-order valence-electron chi connectivity index (χ0n) is 14.2. The predicted octanol–water partition coefficient (Wildman–Crippen LogP) is 5.60. The van der Waals surface area contributed by atoms with E-state index in [9.17, 15) is 9.59 Å². The molecule has 0 bridgehead atoms. The van der Waals surface area contributed by atoms with Gasteiger partial charge in [-0.25, -0.2) is 0 Å². The third-order valence-electron chi connectivity index (χ3n) is 4.91. The van der Waals surface area contributed by atoms with Gasteiger partial charge in [0.05, 0.1) is 11.4 Å². The number of hydrogen-bond donors (Lipinski definition) is 0. The molecule has 4 rings (SSSR count). The standard InChI is InChI=1S/C20H19BrN2O2S/c21-16-7-5-14(6-8-16)13-23-19(24)18(26-20(23)25)11-15-9-10-22(12-15)17-3-1-2-4-17/h5-12,17H,1-4,13H2/b18-11+. The third-order valence-corrected chi connectivity index (χ3v) is 6.34. The SMILES string of the molecule is O=C1S/C(=C/c2ccn(C3CCCC3)c2)C(=O)N1Cc1ccc(Br)cc1. The van der Waals surface area contributed by atoms with Gasteiger partial charge < -0.3 is 4.57 Å². The zero-order valence-corrected chi connectivity index (χ0v) is 16.6. The molecule has 1 aliphatic heterocycles. The van der Waals surface area contributed by atoms with Crippen molar-refractivity contribution in [2.75, 3.05) is 0 Å². The average Bonchev–Trinajstić information content (AvgIpc) is 3.35. The van der Waals surface area contributed by atoms with Gasteiger partial charge in [-0.15, -0.1) is 0 Å². The van der Waals surface area contributed by atoms with Gasteiger partial charge in [-0.1, -0.05) is 40.9 Å². The first kappa shape index (κ1) is 17.6. The molecule has 0 radical (unpaired) electrons. The normalized spacial score (nSPS) is 19.9. The number of rotatable bonds is 4. The molecular weight excluding hydrogens is 412 g/mol. The lowest BCUT2D eigenvalue weighted by Gasteiger charge is -2.12. The van der Waals surface area contributed by atoms with E-state index in [0.717, 1.165) is 27.4 Å². The third kappa shape index (κ3) is 3.67. The van der Waals surface area contributed by atoms with Crippen molar-refractivity contribution < 1.29 is 9.59 Å². The molecular formula is C20H19BrN2O2S. The van der Waals surface area contributed by atoms with Crippen LogP contribution in [0.3, 0.4) is 0 Å². The summed E-state index contributed by atoms with van der Waals surface area (Å²) >= 11 is 4.41. The maximum absolute atomic E-state index is 12.7. The number of carbonyl (C=O) groups excluding carboxylic acids is 2. The molecule has 2 amide bonds. The summed E-state index contributed by atoms with van der Waals surface area (Å²) in [4.78, 5) is 26.7. The fourth-order valence-corrected chi connectivity index (χ4v) is 4.61. The van der Waals surface area contributed by atoms with E-state index in [1.165, 1.54) is 30.6 Å². The number of halogens is 1. The van der Waals surface area contributed by atoms with Crippen LogP contribution in [0.2, 0.25) is 0 Å². The summed E-state index contributed by atoms with van der Waals surface area (Å²) in [5, 5.41) is -0.209. The van der Waals surface area contributed by atoms with Crippen LogP contribution in [0, 0.1) is 0 Å². The Morgan fingerprint density at radius 1 is 1.12 bits per heavy atom. The number of amides is 2. The number of nitrogens with zero attached hydrogens (tertiary/aromatic N) is 2. The van der Waals surface area contributed by atoms with Crippen LogP contribution in [0.1, 0.15) is 42.9 Å². The molecule has 26 heavy (non-hydrogen) atoms. The van der Waals surface area contributed by atoms with E-state index in [0.29, 0.717) is 17.5 Å². The summed E-state index contributed by atoms with van der Waals surface area (Å²) in [6, 6.07) is 10.2. The van der Waals surface area contributed by atoms with Crippen LogP contribution in [-0.2, 0) is 11.3 Å². The van der Waals surface area contributed by atoms with E-state index in [-0.39, 0.29) is 11.1 Å². The monoisotopic (exact) mass is 430 g/mol. The Morgan fingerprint density at radius 3 is 2.58 bits per heavy atom. The molecule has 1 saturated heterocycles. The van der Waals surface area contributed by atoms with Crippen molar-refractivity contribution in [3.05, 3.63) is 63.2 Å². The molecule has 6 heteroatoms. The lowest BCUT2D eigenvalue weighted by Crippen LogP contribution is -2.27. The summed E-state index contributed by atoms with van der Waals surface area (Å²) < 4.78 is 3.22. The lowest BCUT2D eigenvalue weighted by atomic mass is 10.2. The first-order chi connectivity index (χ1) is 12.6. The largest absolute Gasteiger partial charge is 0.351 e. The second-order valence-corrected chi connectivity index (χ2v) is 8.63. The molecule has 0 atom stereocenters. The van der Waals surface area contributed by atoms with Gasteiger partial charge in [0.15, 0.2) is 0 Å². The summed E-state index contributed by atoms with van der Waals surface area (Å²) in [6.07, 6.45) is 11.0. The van der Waals surface area contributed by atoms with Crippen molar-refractivity contribution in [2.45, 2.75) is 38.3 Å². The van der Waals surface area contributed by atoms with Gasteiger partial charge in [-0.3, -0.25) is 14.5 Å². The van der Waals surface area contributed by atoms with Crippen molar-refractivity contribution in [1.29, 1.82) is 0 Å². The minimum absolute atomic E-state index is 0.209. The second kappa shape index (κ2) is 7.45. The number of carbonyl (C=O) groups is 2. The quantitative estimate of drug-likeness (QED) is 0.592. The fraction of sp³-hybridized carbons (Fsp3) is 0.300.